The van der Waals surface area contributed by atoms with E-state index in [9.17, 15) is 9.18 Å². The van der Waals surface area contributed by atoms with Crippen molar-refractivity contribution in [2.45, 2.75) is 0 Å². The Morgan fingerprint density at radius 1 is 0.750 bits per heavy atom. The Labute approximate surface area is 138 Å². The van der Waals surface area contributed by atoms with Crippen LogP contribution < -0.4 is 5.56 Å². The zero-order valence-electron chi connectivity index (χ0n) is 12.8. The molecule has 0 fully saturated rings. The molecule has 3 heteroatoms. The van der Waals surface area contributed by atoms with Gasteiger partial charge >= 0.3 is 0 Å². The molecule has 3 aromatic carbocycles. The van der Waals surface area contributed by atoms with Gasteiger partial charge < -0.3 is 0 Å². The highest BCUT2D eigenvalue weighted by atomic mass is 19.1. The first-order valence-corrected chi connectivity index (χ1v) is 7.71. The second-order valence-corrected chi connectivity index (χ2v) is 5.57. The summed E-state index contributed by atoms with van der Waals surface area (Å²) in [6.45, 7) is 0. The average molecular weight is 315 g/mol. The molecule has 0 amide bonds. The number of benzene rings is 3. The molecule has 0 radical (unpaired) electrons. The molecule has 0 aliphatic carbocycles. The van der Waals surface area contributed by atoms with Gasteiger partial charge in [-0.1, -0.05) is 60.7 Å². The van der Waals surface area contributed by atoms with Gasteiger partial charge in [0.15, 0.2) is 0 Å². The summed E-state index contributed by atoms with van der Waals surface area (Å²) in [4.78, 5) is 12.8. The van der Waals surface area contributed by atoms with Crippen LogP contribution in [0, 0.1) is 5.82 Å². The summed E-state index contributed by atoms with van der Waals surface area (Å²) in [5.41, 5.74) is 2.51. The Bertz CT molecular complexity index is 1080. The van der Waals surface area contributed by atoms with E-state index in [0.717, 1.165) is 16.5 Å². The highest BCUT2D eigenvalue weighted by Gasteiger charge is 2.13. The summed E-state index contributed by atoms with van der Waals surface area (Å²) in [5, 5.41) is 0.909. The number of halogens is 1. The van der Waals surface area contributed by atoms with Crippen LogP contribution in [-0.4, -0.2) is 4.57 Å². The molecule has 0 aliphatic heterocycles. The molecule has 0 saturated heterocycles. The highest BCUT2D eigenvalue weighted by molar-refractivity contribution is 5.95. The fourth-order valence-electron chi connectivity index (χ4n) is 3.02. The van der Waals surface area contributed by atoms with Crippen molar-refractivity contribution in [3.63, 3.8) is 0 Å². The van der Waals surface area contributed by atoms with Crippen molar-refractivity contribution in [2.75, 3.05) is 0 Å². The van der Waals surface area contributed by atoms with Crippen LogP contribution >= 0.6 is 0 Å². The van der Waals surface area contributed by atoms with E-state index in [2.05, 4.69) is 0 Å². The molecular formula is C21H14FNO. The standard InChI is InChI=1S/C21H14FNO/c22-18-11-5-7-13-20(18)23-19-12-6-4-10-16(19)17(14-21(23)24)15-8-2-1-3-9-15/h1-14H. The number of rotatable bonds is 2. The lowest BCUT2D eigenvalue weighted by molar-refractivity contribution is 0.618. The second-order valence-electron chi connectivity index (χ2n) is 5.57. The molecule has 0 saturated carbocycles. The van der Waals surface area contributed by atoms with Crippen LogP contribution in [0.5, 0.6) is 0 Å². The summed E-state index contributed by atoms with van der Waals surface area (Å²) in [5.74, 6) is -0.419. The van der Waals surface area contributed by atoms with Crippen molar-refractivity contribution in [3.8, 4) is 16.8 Å². The van der Waals surface area contributed by atoms with Gasteiger partial charge in [-0.15, -0.1) is 0 Å². The molecule has 116 valence electrons. The van der Waals surface area contributed by atoms with Crippen LogP contribution in [0.4, 0.5) is 4.39 Å². The Kier molecular flexibility index (Phi) is 3.47. The van der Waals surface area contributed by atoms with E-state index in [0.29, 0.717) is 5.52 Å². The first-order valence-electron chi connectivity index (χ1n) is 7.71. The topological polar surface area (TPSA) is 22.0 Å². The number of fused-ring (bicyclic) bond motifs is 1. The van der Waals surface area contributed by atoms with Gasteiger partial charge in [-0.3, -0.25) is 9.36 Å². The third kappa shape index (κ3) is 2.31. The Morgan fingerprint density at radius 3 is 2.21 bits per heavy atom. The van der Waals surface area contributed by atoms with E-state index in [1.165, 1.54) is 10.6 Å². The van der Waals surface area contributed by atoms with Gasteiger partial charge in [-0.25, -0.2) is 4.39 Å². The number of hydrogen-bond acceptors (Lipinski definition) is 1. The van der Waals surface area contributed by atoms with Crippen LogP contribution in [0.25, 0.3) is 27.7 Å². The van der Waals surface area contributed by atoms with Crippen molar-refractivity contribution in [3.05, 3.63) is 101 Å². The molecule has 4 rings (SSSR count). The molecule has 0 bridgehead atoms. The van der Waals surface area contributed by atoms with Gasteiger partial charge in [0.2, 0.25) is 0 Å². The van der Waals surface area contributed by atoms with Crippen molar-refractivity contribution in [1.82, 2.24) is 4.57 Å². The van der Waals surface area contributed by atoms with Crippen LogP contribution in [0.1, 0.15) is 0 Å². The van der Waals surface area contributed by atoms with Crippen molar-refractivity contribution < 1.29 is 4.39 Å². The van der Waals surface area contributed by atoms with Crippen LogP contribution in [-0.2, 0) is 0 Å². The van der Waals surface area contributed by atoms with E-state index in [4.69, 9.17) is 0 Å². The van der Waals surface area contributed by atoms with E-state index in [-0.39, 0.29) is 11.2 Å². The minimum atomic E-state index is -0.419. The van der Waals surface area contributed by atoms with E-state index in [1.54, 1.807) is 24.3 Å². The zero-order valence-corrected chi connectivity index (χ0v) is 12.8. The Hall–Kier alpha value is -3.20. The molecule has 0 spiro atoms. The molecule has 0 unspecified atom stereocenters. The summed E-state index contributed by atoms with van der Waals surface area (Å²) in [6, 6.07) is 25.2. The lowest BCUT2D eigenvalue weighted by Gasteiger charge is -2.14. The van der Waals surface area contributed by atoms with E-state index >= 15 is 0 Å². The normalized spacial score (nSPS) is 10.9. The Morgan fingerprint density at radius 2 is 1.42 bits per heavy atom. The van der Waals surface area contributed by atoms with Gasteiger partial charge in [0.05, 0.1) is 11.2 Å². The quantitative estimate of drug-likeness (QED) is 0.521. The molecule has 0 atom stereocenters. The van der Waals surface area contributed by atoms with Gasteiger partial charge in [0, 0.05) is 11.5 Å². The lowest BCUT2D eigenvalue weighted by Crippen LogP contribution is -2.19. The number of nitrogens with zero attached hydrogens (tertiary/aromatic N) is 1. The van der Waals surface area contributed by atoms with Crippen molar-refractivity contribution >= 4 is 10.9 Å². The SMILES string of the molecule is O=c1cc(-c2ccccc2)c2ccccc2n1-c1ccccc1F. The van der Waals surface area contributed by atoms with Crippen LogP contribution in [0.15, 0.2) is 89.7 Å². The maximum absolute atomic E-state index is 14.2. The average Bonchev–Trinajstić information content (AvgIpc) is 2.63. The molecular weight excluding hydrogens is 301 g/mol. The first-order chi connectivity index (χ1) is 11.8. The predicted octanol–water partition coefficient (Wildman–Crippen LogP) is 4.80. The summed E-state index contributed by atoms with van der Waals surface area (Å²) in [7, 11) is 0. The van der Waals surface area contributed by atoms with E-state index in [1.807, 2.05) is 54.6 Å². The second kappa shape index (κ2) is 5.78. The largest absolute Gasteiger partial charge is 0.274 e. The van der Waals surface area contributed by atoms with E-state index < -0.39 is 5.82 Å². The number of para-hydroxylation sites is 2. The number of pyridine rings is 1. The van der Waals surface area contributed by atoms with Gasteiger partial charge in [-0.05, 0) is 29.3 Å². The minimum absolute atomic E-state index is 0.252. The lowest BCUT2D eigenvalue weighted by atomic mass is 10.0. The molecule has 2 nitrogen and oxygen atoms in total. The van der Waals surface area contributed by atoms with Crippen LogP contribution in [0.2, 0.25) is 0 Å². The first kappa shape index (κ1) is 14.4. The van der Waals surface area contributed by atoms with Gasteiger partial charge in [0.1, 0.15) is 5.82 Å². The fourth-order valence-corrected chi connectivity index (χ4v) is 3.02. The summed E-state index contributed by atoms with van der Waals surface area (Å²) < 4.78 is 15.7. The number of hydrogen-bond donors (Lipinski definition) is 0. The summed E-state index contributed by atoms with van der Waals surface area (Å²) >= 11 is 0. The smallest absolute Gasteiger partial charge is 0.256 e. The molecule has 1 heterocycles. The number of aromatic nitrogens is 1. The maximum atomic E-state index is 14.2. The fraction of sp³-hybridized carbons (Fsp3) is 0. The molecule has 4 aromatic rings. The van der Waals surface area contributed by atoms with Gasteiger partial charge in [0.25, 0.3) is 5.56 Å². The summed E-state index contributed by atoms with van der Waals surface area (Å²) in [6.07, 6.45) is 0. The van der Waals surface area contributed by atoms with Crippen molar-refractivity contribution in [1.29, 1.82) is 0 Å². The molecule has 24 heavy (non-hydrogen) atoms. The maximum Gasteiger partial charge on any atom is 0.256 e. The third-order valence-corrected chi connectivity index (χ3v) is 4.10. The molecule has 1 aromatic heterocycles. The highest BCUT2D eigenvalue weighted by Crippen LogP contribution is 2.28. The molecule has 0 N–H and O–H groups in total. The van der Waals surface area contributed by atoms with Crippen LogP contribution in [0.3, 0.4) is 0 Å². The van der Waals surface area contributed by atoms with Gasteiger partial charge in [-0.2, -0.15) is 0 Å². The Balaban J connectivity index is 2.11. The van der Waals surface area contributed by atoms with Crippen molar-refractivity contribution in [2.24, 2.45) is 0 Å². The zero-order chi connectivity index (χ0) is 16.5. The predicted molar refractivity (Wildman–Crippen MR) is 94.9 cm³/mol. The minimum Gasteiger partial charge on any atom is -0.274 e. The molecule has 0 aliphatic rings. The monoisotopic (exact) mass is 315 g/mol. The third-order valence-electron chi connectivity index (χ3n) is 4.10.